The molecule has 0 aliphatic carbocycles. The average molecular weight is 467 g/mol. The molecule has 3 rings (SSSR count). The molecule has 0 amide bonds. The number of pyridine rings is 1. The molecule has 0 radical (unpaired) electrons. The summed E-state index contributed by atoms with van der Waals surface area (Å²) in [6.45, 7) is 4.69. The third kappa shape index (κ3) is 5.69. The lowest BCUT2D eigenvalue weighted by Crippen LogP contribution is -2.32. The highest BCUT2D eigenvalue weighted by Gasteiger charge is 2.36. The van der Waals surface area contributed by atoms with Crippen LogP contribution in [0.15, 0.2) is 42.6 Å². The molecule has 3 aromatic rings. The molecule has 0 atom stereocenters. The number of aromatic nitrogens is 4. The van der Waals surface area contributed by atoms with E-state index in [0.29, 0.717) is 24.4 Å². The van der Waals surface area contributed by atoms with Crippen LogP contribution in [0.25, 0.3) is 11.1 Å². The lowest BCUT2D eigenvalue weighted by molar-refractivity contribution is -0.225. The first-order valence-corrected chi connectivity index (χ1v) is 11.8. The number of aromatic carboxylic acids is 1. The summed E-state index contributed by atoms with van der Waals surface area (Å²) in [5, 5.41) is 14.3. The number of benzene rings is 1. The number of carboxylic acid groups (broad SMARTS) is 1. The van der Waals surface area contributed by atoms with Crippen molar-refractivity contribution in [3.8, 4) is 11.1 Å². The Balaban J connectivity index is 1.90. The molecule has 0 saturated heterocycles. The summed E-state index contributed by atoms with van der Waals surface area (Å²) < 4.78 is 13.3. The monoisotopic (exact) mass is 466 g/mol. The summed E-state index contributed by atoms with van der Waals surface area (Å²) in [5.74, 6) is -0.534. The van der Waals surface area contributed by atoms with Crippen LogP contribution >= 0.6 is 0 Å². The predicted octanol–water partition coefficient (Wildman–Crippen LogP) is 5.07. The number of hydrogen-bond acceptors (Lipinski definition) is 6. The van der Waals surface area contributed by atoms with E-state index in [4.69, 9.17) is 19.6 Å². The molecular formula is C26H34N4O4. The largest absolute Gasteiger partial charge is 0.478 e. The van der Waals surface area contributed by atoms with Gasteiger partial charge in [0, 0.05) is 38.8 Å². The van der Waals surface area contributed by atoms with E-state index in [-0.39, 0.29) is 5.56 Å². The smallest absolute Gasteiger partial charge is 0.336 e. The number of carboxylic acids is 1. The molecule has 0 saturated carbocycles. The summed E-state index contributed by atoms with van der Waals surface area (Å²) in [6.07, 6.45) is 7.28. The van der Waals surface area contributed by atoms with Crippen molar-refractivity contribution >= 4 is 5.97 Å². The van der Waals surface area contributed by atoms with Crippen LogP contribution in [-0.2, 0) is 28.2 Å². The molecule has 182 valence electrons. The molecule has 8 nitrogen and oxygen atoms in total. The lowest BCUT2D eigenvalue weighted by atomic mass is 10.0. The maximum Gasteiger partial charge on any atom is 0.336 e. The lowest BCUT2D eigenvalue weighted by Gasteiger charge is -2.27. The second kappa shape index (κ2) is 11.9. The zero-order chi connectivity index (χ0) is 24.6. The van der Waals surface area contributed by atoms with Gasteiger partial charge in [0.05, 0.1) is 17.8 Å². The van der Waals surface area contributed by atoms with Gasteiger partial charge in [-0.3, -0.25) is 4.98 Å². The van der Waals surface area contributed by atoms with Gasteiger partial charge in [-0.25, -0.2) is 14.5 Å². The average Bonchev–Trinajstić information content (AvgIpc) is 3.26. The quantitative estimate of drug-likeness (QED) is 0.277. The molecule has 34 heavy (non-hydrogen) atoms. The summed E-state index contributed by atoms with van der Waals surface area (Å²) in [4.78, 5) is 21.0. The van der Waals surface area contributed by atoms with Crippen LogP contribution in [0.1, 0.15) is 73.7 Å². The van der Waals surface area contributed by atoms with E-state index in [2.05, 4.69) is 18.8 Å². The Morgan fingerprint density at radius 3 is 2.44 bits per heavy atom. The zero-order valence-electron chi connectivity index (χ0n) is 20.5. The van der Waals surface area contributed by atoms with Crippen molar-refractivity contribution < 1.29 is 19.4 Å². The highest BCUT2D eigenvalue weighted by atomic mass is 16.7. The summed E-state index contributed by atoms with van der Waals surface area (Å²) in [7, 11) is 3.23. The van der Waals surface area contributed by atoms with Gasteiger partial charge in [0.15, 0.2) is 0 Å². The van der Waals surface area contributed by atoms with Crippen molar-refractivity contribution in [1.82, 2.24) is 19.7 Å². The van der Waals surface area contributed by atoms with Gasteiger partial charge in [0.25, 0.3) is 0 Å². The SMILES string of the molecule is CCCCCc1nc(C(CCC)(OC)OC)nn1Cc1ccc(-c2ccccc2C(=O)O)cn1. The van der Waals surface area contributed by atoms with Crippen LogP contribution < -0.4 is 0 Å². The van der Waals surface area contributed by atoms with Gasteiger partial charge in [-0.2, -0.15) is 0 Å². The Bertz CT molecular complexity index is 1070. The number of aryl methyl sites for hydroxylation is 1. The third-order valence-electron chi connectivity index (χ3n) is 5.94. The van der Waals surface area contributed by atoms with Gasteiger partial charge in [0.2, 0.25) is 11.6 Å². The van der Waals surface area contributed by atoms with Crippen LogP contribution in [0.3, 0.4) is 0 Å². The van der Waals surface area contributed by atoms with Crippen molar-refractivity contribution in [2.24, 2.45) is 0 Å². The minimum Gasteiger partial charge on any atom is -0.478 e. The van der Waals surface area contributed by atoms with E-state index in [0.717, 1.165) is 49.2 Å². The van der Waals surface area contributed by atoms with Gasteiger partial charge in [-0.1, -0.05) is 57.4 Å². The maximum absolute atomic E-state index is 11.6. The van der Waals surface area contributed by atoms with E-state index in [1.54, 1.807) is 38.6 Å². The molecule has 0 fully saturated rings. The van der Waals surface area contributed by atoms with E-state index >= 15 is 0 Å². The number of nitrogens with zero attached hydrogens (tertiary/aromatic N) is 4. The predicted molar refractivity (Wildman–Crippen MR) is 130 cm³/mol. The number of carbonyl (C=O) groups is 1. The van der Waals surface area contributed by atoms with Crippen LogP contribution in [-0.4, -0.2) is 45.0 Å². The fourth-order valence-electron chi connectivity index (χ4n) is 4.04. The number of hydrogen-bond donors (Lipinski definition) is 1. The molecule has 2 heterocycles. The first-order valence-electron chi connectivity index (χ1n) is 11.8. The highest BCUT2D eigenvalue weighted by Crippen LogP contribution is 2.29. The fourth-order valence-corrected chi connectivity index (χ4v) is 4.04. The van der Waals surface area contributed by atoms with Gasteiger partial charge in [-0.15, -0.1) is 5.10 Å². The highest BCUT2D eigenvalue weighted by molar-refractivity contribution is 5.95. The van der Waals surface area contributed by atoms with Crippen molar-refractivity contribution in [2.75, 3.05) is 14.2 Å². The minimum atomic E-state index is -0.975. The van der Waals surface area contributed by atoms with Gasteiger partial charge in [-0.05, 0) is 24.1 Å². The Morgan fingerprint density at radius 2 is 1.82 bits per heavy atom. The molecule has 0 aliphatic rings. The number of unbranched alkanes of at least 4 members (excludes halogenated alkanes) is 2. The molecule has 0 aliphatic heterocycles. The Hall–Kier alpha value is -3.10. The Morgan fingerprint density at radius 1 is 1.06 bits per heavy atom. The molecule has 8 heteroatoms. The van der Waals surface area contributed by atoms with E-state index in [1.165, 1.54) is 0 Å². The second-order valence-corrected chi connectivity index (χ2v) is 8.27. The van der Waals surface area contributed by atoms with Crippen molar-refractivity contribution in [3.63, 3.8) is 0 Å². The maximum atomic E-state index is 11.6. The van der Waals surface area contributed by atoms with Crippen LogP contribution in [0.4, 0.5) is 0 Å². The molecule has 0 bridgehead atoms. The van der Waals surface area contributed by atoms with Crippen LogP contribution in [0.2, 0.25) is 0 Å². The van der Waals surface area contributed by atoms with Gasteiger partial charge in [0.1, 0.15) is 5.82 Å². The molecule has 1 N–H and O–H groups in total. The molecule has 2 aromatic heterocycles. The summed E-state index contributed by atoms with van der Waals surface area (Å²) >= 11 is 0. The second-order valence-electron chi connectivity index (χ2n) is 8.27. The number of ether oxygens (including phenoxy) is 2. The standard InChI is InChI=1S/C26H34N4O4/c1-5-7-8-13-23-28-25(26(33-3,34-4)16-6-2)29-30(23)18-20-15-14-19(17-27-20)21-11-9-10-12-22(21)24(31)32/h9-12,14-15,17H,5-8,13,16,18H2,1-4H3,(H,31,32). The van der Waals surface area contributed by atoms with E-state index < -0.39 is 11.8 Å². The van der Waals surface area contributed by atoms with Crippen molar-refractivity contribution in [1.29, 1.82) is 0 Å². The normalized spacial score (nSPS) is 11.6. The number of rotatable bonds is 13. The van der Waals surface area contributed by atoms with Crippen LogP contribution in [0, 0.1) is 0 Å². The third-order valence-corrected chi connectivity index (χ3v) is 5.94. The van der Waals surface area contributed by atoms with Crippen molar-refractivity contribution in [2.45, 2.75) is 64.7 Å². The first kappa shape index (κ1) is 25.5. The van der Waals surface area contributed by atoms with E-state index in [1.807, 2.05) is 22.9 Å². The zero-order valence-corrected chi connectivity index (χ0v) is 20.5. The Kier molecular flexibility index (Phi) is 8.90. The summed E-state index contributed by atoms with van der Waals surface area (Å²) in [5.41, 5.74) is 2.45. The minimum absolute atomic E-state index is 0.252. The topological polar surface area (TPSA) is 99.4 Å². The molecule has 1 aromatic carbocycles. The fraction of sp³-hybridized carbons (Fsp3) is 0.462. The first-order chi connectivity index (χ1) is 16.5. The number of methoxy groups -OCH3 is 2. The molecule has 0 spiro atoms. The molecule has 0 unspecified atom stereocenters. The van der Waals surface area contributed by atoms with Crippen LogP contribution in [0.5, 0.6) is 0 Å². The summed E-state index contributed by atoms with van der Waals surface area (Å²) in [6, 6.07) is 10.7. The van der Waals surface area contributed by atoms with Gasteiger partial charge < -0.3 is 14.6 Å². The van der Waals surface area contributed by atoms with Gasteiger partial charge >= 0.3 is 5.97 Å². The van der Waals surface area contributed by atoms with Crippen molar-refractivity contribution in [3.05, 3.63) is 65.5 Å². The Labute approximate surface area is 201 Å². The molecular weight excluding hydrogens is 432 g/mol. The van der Waals surface area contributed by atoms with E-state index in [9.17, 15) is 9.90 Å².